The number of carbonyl (C=O) groups excluding carboxylic acids is 2. The molecule has 0 bridgehead atoms. The van der Waals surface area contributed by atoms with E-state index < -0.39 is 28.4 Å². The standard InChI is InChI=1S/C26H17N3O5/c30-24(17-9-5-10-18(15-17)29(33)34)22-23(20-12-3-4-14-27-20)28(26(32)25(22)31)21-13-6-8-16-7-1-2-11-19(16)21/h1-15,23,30H/b24-22+. The van der Waals surface area contributed by atoms with Crippen molar-refractivity contribution in [2.75, 3.05) is 4.90 Å². The Hall–Kier alpha value is -4.85. The van der Waals surface area contributed by atoms with E-state index in [1.165, 1.54) is 29.3 Å². The molecule has 0 saturated carbocycles. The number of ketones is 1. The van der Waals surface area contributed by atoms with Gasteiger partial charge in [-0.05, 0) is 23.6 Å². The normalized spacial score (nSPS) is 17.3. The van der Waals surface area contributed by atoms with Crippen molar-refractivity contribution in [3.63, 3.8) is 0 Å². The summed E-state index contributed by atoms with van der Waals surface area (Å²) in [6, 6.07) is 22.2. The minimum Gasteiger partial charge on any atom is -0.507 e. The van der Waals surface area contributed by atoms with Gasteiger partial charge in [-0.3, -0.25) is 29.6 Å². The smallest absolute Gasteiger partial charge is 0.300 e. The third-order valence-corrected chi connectivity index (χ3v) is 5.77. The number of aromatic nitrogens is 1. The van der Waals surface area contributed by atoms with Crippen LogP contribution in [0.3, 0.4) is 0 Å². The van der Waals surface area contributed by atoms with E-state index in [0.29, 0.717) is 11.4 Å². The van der Waals surface area contributed by atoms with Gasteiger partial charge in [-0.1, -0.05) is 54.6 Å². The Balaban J connectivity index is 1.77. The monoisotopic (exact) mass is 451 g/mol. The molecule has 0 radical (unpaired) electrons. The summed E-state index contributed by atoms with van der Waals surface area (Å²) in [4.78, 5) is 42.9. The van der Waals surface area contributed by atoms with Crippen molar-refractivity contribution in [2.24, 2.45) is 0 Å². The molecule has 1 aliphatic rings. The second-order valence-corrected chi connectivity index (χ2v) is 7.73. The van der Waals surface area contributed by atoms with Crippen LogP contribution in [0.4, 0.5) is 11.4 Å². The maximum atomic E-state index is 13.3. The highest BCUT2D eigenvalue weighted by atomic mass is 16.6. The Labute approximate surface area is 193 Å². The number of hydrogen-bond donors (Lipinski definition) is 1. The summed E-state index contributed by atoms with van der Waals surface area (Å²) in [5.74, 6) is -2.22. The van der Waals surface area contributed by atoms with Crippen LogP contribution in [0.2, 0.25) is 0 Å². The molecule has 8 nitrogen and oxygen atoms in total. The van der Waals surface area contributed by atoms with Crippen molar-refractivity contribution in [1.82, 2.24) is 4.98 Å². The Kier molecular flexibility index (Phi) is 5.10. The van der Waals surface area contributed by atoms with E-state index >= 15 is 0 Å². The molecule has 34 heavy (non-hydrogen) atoms. The average molecular weight is 451 g/mol. The van der Waals surface area contributed by atoms with Gasteiger partial charge in [0.15, 0.2) is 0 Å². The zero-order valence-corrected chi connectivity index (χ0v) is 17.7. The highest BCUT2D eigenvalue weighted by Crippen LogP contribution is 2.43. The summed E-state index contributed by atoms with van der Waals surface area (Å²) >= 11 is 0. The Bertz CT molecular complexity index is 1490. The number of Topliss-reactive ketones (excluding diaryl/α,β-unsaturated/α-hetero) is 1. The first-order valence-electron chi connectivity index (χ1n) is 10.4. The maximum Gasteiger partial charge on any atom is 0.300 e. The SMILES string of the molecule is O=C1C(=O)N(c2cccc3ccccc23)C(c2ccccn2)/C1=C(\O)c1cccc([N+](=O)[O-])c1. The van der Waals surface area contributed by atoms with Crippen molar-refractivity contribution in [1.29, 1.82) is 0 Å². The molecule has 8 heteroatoms. The fourth-order valence-corrected chi connectivity index (χ4v) is 4.24. The number of anilines is 1. The lowest BCUT2D eigenvalue weighted by atomic mass is 9.97. The average Bonchev–Trinajstić information content (AvgIpc) is 3.14. The summed E-state index contributed by atoms with van der Waals surface area (Å²) in [5, 5.41) is 24.0. The van der Waals surface area contributed by atoms with Crippen LogP contribution in [0, 0.1) is 10.1 Å². The lowest BCUT2D eigenvalue weighted by molar-refractivity contribution is -0.384. The van der Waals surface area contributed by atoms with Crippen molar-refractivity contribution < 1.29 is 19.6 Å². The molecule has 4 aromatic rings. The largest absolute Gasteiger partial charge is 0.507 e. The number of nitrogens with zero attached hydrogens (tertiary/aromatic N) is 3. The van der Waals surface area contributed by atoms with Crippen LogP contribution < -0.4 is 4.90 Å². The van der Waals surface area contributed by atoms with Gasteiger partial charge < -0.3 is 5.11 Å². The summed E-state index contributed by atoms with van der Waals surface area (Å²) in [6.07, 6.45) is 1.53. The first-order valence-corrected chi connectivity index (χ1v) is 10.4. The summed E-state index contributed by atoms with van der Waals surface area (Å²) < 4.78 is 0. The number of rotatable bonds is 4. The third kappa shape index (κ3) is 3.38. The Morgan fingerprint density at radius 2 is 1.68 bits per heavy atom. The van der Waals surface area contributed by atoms with Crippen LogP contribution in [0.15, 0.2) is 96.7 Å². The minimum absolute atomic E-state index is 0.0612. The quantitative estimate of drug-likeness (QED) is 0.157. The van der Waals surface area contributed by atoms with Gasteiger partial charge in [0.2, 0.25) is 0 Å². The molecular formula is C26H17N3O5. The second-order valence-electron chi connectivity index (χ2n) is 7.73. The van der Waals surface area contributed by atoms with Crippen molar-refractivity contribution >= 4 is 39.6 Å². The minimum atomic E-state index is -1.02. The number of nitro groups is 1. The number of aliphatic hydroxyl groups is 1. The van der Waals surface area contributed by atoms with Gasteiger partial charge in [-0.2, -0.15) is 0 Å². The molecule has 1 saturated heterocycles. The number of aliphatic hydroxyl groups excluding tert-OH is 1. The zero-order chi connectivity index (χ0) is 23.8. The number of non-ortho nitro benzene ring substituents is 1. The lowest BCUT2D eigenvalue weighted by Crippen LogP contribution is -2.30. The van der Waals surface area contributed by atoms with Crippen LogP contribution in [-0.2, 0) is 9.59 Å². The van der Waals surface area contributed by atoms with Gasteiger partial charge in [0.25, 0.3) is 17.4 Å². The van der Waals surface area contributed by atoms with Gasteiger partial charge in [0.05, 0.1) is 21.9 Å². The van der Waals surface area contributed by atoms with Crippen molar-refractivity contribution in [2.45, 2.75) is 6.04 Å². The molecule has 1 N–H and O–H groups in total. The van der Waals surface area contributed by atoms with E-state index in [9.17, 15) is 24.8 Å². The molecule has 5 rings (SSSR count). The maximum absolute atomic E-state index is 13.3. The van der Waals surface area contributed by atoms with E-state index in [0.717, 1.165) is 16.8 Å². The van der Waals surface area contributed by atoms with Crippen molar-refractivity contribution in [3.8, 4) is 0 Å². The van der Waals surface area contributed by atoms with Gasteiger partial charge >= 0.3 is 0 Å². The molecule has 1 amide bonds. The summed E-state index contributed by atoms with van der Waals surface area (Å²) in [7, 11) is 0. The molecule has 1 aliphatic heterocycles. The second kappa shape index (κ2) is 8.25. The molecule has 0 aliphatic carbocycles. The van der Waals surface area contributed by atoms with Crippen LogP contribution in [0.25, 0.3) is 16.5 Å². The predicted octanol–water partition coefficient (Wildman–Crippen LogP) is 4.77. The Morgan fingerprint density at radius 3 is 2.44 bits per heavy atom. The molecule has 1 aromatic heterocycles. The molecule has 1 fully saturated rings. The number of nitro benzene ring substituents is 1. The number of benzene rings is 3. The van der Waals surface area contributed by atoms with Gasteiger partial charge in [0.1, 0.15) is 11.8 Å². The summed E-state index contributed by atoms with van der Waals surface area (Å²) in [6.45, 7) is 0. The fourth-order valence-electron chi connectivity index (χ4n) is 4.24. The fraction of sp³-hybridized carbons (Fsp3) is 0.0385. The lowest BCUT2D eigenvalue weighted by Gasteiger charge is -2.25. The summed E-state index contributed by atoms with van der Waals surface area (Å²) in [5.41, 5.74) is 0.500. The highest BCUT2D eigenvalue weighted by Gasteiger charge is 2.48. The van der Waals surface area contributed by atoms with E-state index in [4.69, 9.17) is 0 Å². The van der Waals surface area contributed by atoms with Crippen LogP contribution in [-0.4, -0.2) is 26.7 Å². The first kappa shape index (κ1) is 21.0. The van der Waals surface area contributed by atoms with Gasteiger partial charge in [0, 0.05) is 29.3 Å². The number of pyridine rings is 1. The molecule has 1 unspecified atom stereocenters. The van der Waals surface area contributed by atoms with Crippen molar-refractivity contribution in [3.05, 3.63) is 118 Å². The van der Waals surface area contributed by atoms with Crippen LogP contribution >= 0.6 is 0 Å². The number of amides is 1. The van der Waals surface area contributed by atoms with E-state index in [1.54, 1.807) is 30.3 Å². The molecule has 3 aromatic carbocycles. The van der Waals surface area contributed by atoms with Gasteiger partial charge in [-0.25, -0.2) is 0 Å². The molecular weight excluding hydrogens is 434 g/mol. The molecule has 0 spiro atoms. The molecule has 166 valence electrons. The number of hydrogen-bond acceptors (Lipinski definition) is 6. The first-order chi connectivity index (χ1) is 16.5. The molecule has 2 heterocycles. The van der Waals surface area contributed by atoms with Crippen LogP contribution in [0.5, 0.6) is 0 Å². The predicted molar refractivity (Wildman–Crippen MR) is 126 cm³/mol. The third-order valence-electron chi connectivity index (χ3n) is 5.77. The zero-order valence-electron chi connectivity index (χ0n) is 17.7. The molecule has 1 atom stereocenters. The number of fused-ring (bicyclic) bond motifs is 1. The topological polar surface area (TPSA) is 114 Å². The van der Waals surface area contributed by atoms with Gasteiger partial charge in [-0.15, -0.1) is 0 Å². The van der Waals surface area contributed by atoms with Crippen LogP contribution in [0.1, 0.15) is 17.3 Å². The van der Waals surface area contributed by atoms with E-state index in [-0.39, 0.29) is 16.8 Å². The van der Waals surface area contributed by atoms with E-state index in [2.05, 4.69) is 4.98 Å². The van der Waals surface area contributed by atoms with E-state index in [1.807, 2.05) is 30.3 Å². The Morgan fingerprint density at radius 1 is 0.941 bits per heavy atom. The number of carbonyl (C=O) groups is 2. The highest BCUT2D eigenvalue weighted by molar-refractivity contribution is 6.52.